The smallest absolute Gasteiger partial charge is 0.282 e. The number of hydrogen-bond donors (Lipinski definition) is 1. The lowest BCUT2D eigenvalue weighted by molar-refractivity contribution is -0.403. The summed E-state index contributed by atoms with van der Waals surface area (Å²) in [5.74, 6) is 0. The monoisotopic (exact) mass is 254 g/mol. The van der Waals surface area contributed by atoms with E-state index in [4.69, 9.17) is 4.55 Å². The van der Waals surface area contributed by atoms with Crippen LogP contribution >= 0.6 is 0 Å². The first-order chi connectivity index (χ1) is 7.65. The van der Waals surface area contributed by atoms with Crippen molar-refractivity contribution in [1.29, 1.82) is 0 Å². The summed E-state index contributed by atoms with van der Waals surface area (Å²) in [4.78, 5) is -0.0487. The summed E-state index contributed by atoms with van der Waals surface area (Å²) in [5.41, 5.74) is 2.85. The van der Waals surface area contributed by atoms with Crippen molar-refractivity contribution in [1.82, 2.24) is 0 Å². The Labute approximate surface area is 101 Å². The average Bonchev–Trinajstić information content (AvgIpc) is 2.39. The van der Waals surface area contributed by atoms with Gasteiger partial charge in [0.1, 0.15) is 7.05 Å². The third-order valence-electron chi connectivity index (χ3n) is 3.71. The molecular formula is C12H16NO3S+. The fraction of sp³-hybridized carbons (Fsp3) is 0.417. The maximum atomic E-state index is 11.1. The van der Waals surface area contributed by atoms with Crippen LogP contribution < -0.4 is 0 Å². The molecule has 0 spiro atoms. The second-order valence-electron chi connectivity index (χ2n) is 4.92. The van der Waals surface area contributed by atoms with Gasteiger partial charge in [-0.05, 0) is 26.0 Å². The average molecular weight is 254 g/mol. The number of nitrogens with zero attached hydrogens (tertiary/aromatic N) is 1. The molecule has 0 unspecified atom stereocenters. The van der Waals surface area contributed by atoms with Crippen molar-refractivity contribution in [2.75, 3.05) is 7.05 Å². The molecule has 1 N–H and O–H groups in total. The molecule has 0 radical (unpaired) electrons. The normalized spacial score (nSPS) is 18.4. The molecule has 17 heavy (non-hydrogen) atoms. The maximum Gasteiger partial charge on any atom is 0.294 e. The first kappa shape index (κ1) is 12.3. The van der Waals surface area contributed by atoms with Gasteiger partial charge >= 0.3 is 0 Å². The van der Waals surface area contributed by atoms with Crippen molar-refractivity contribution in [3.8, 4) is 0 Å². The van der Waals surface area contributed by atoms with Gasteiger partial charge in [0.2, 0.25) is 5.69 Å². The van der Waals surface area contributed by atoms with Gasteiger partial charge in [0.15, 0.2) is 5.71 Å². The van der Waals surface area contributed by atoms with Crippen molar-refractivity contribution in [2.45, 2.75) is 31.1 Å². The standard InChI is InChI=1S/C12H15NO3S/c1-8-12(2,3)10-7-9(17(14,15)16)5-6-11(10)13(8)4/h5-7H,1-4H3/p+1. The highest BCUT2D eigenvalue weighted by atomic mass is 32.2. The number of benzene rings is 1. The summed E-state index contributed by atoms with van der Waals surface area (Å²) in [5, 5.41) is 0. The second kappa shape index (κ2) is 3.40. The van der Waals surface area contributed by atoms with Gasteiger partial charge in [0.25, 0.3) is 10.1 Å². The van der Waals surface area contributed by atoms with E-state index in [0.717, 1.165) is 17.0 Å². The molecular weight excluding hydrogens is 238 g/mol. The van der Waals surface area contributed by atoms with Gasteiger partial charge in [-0.1, -0.05) is 0 Å². The second-order valence-corrected chi connectivity index (χ2v) is 6.34. The van der Waals surface area contributed by atoms with E-state index >= 15 is 0 Å². The van der Waals surface area contributed by atoms with Crippen LogP contribution in [0.3, 0.4) is 0 Å². The highest BCUT2D eigenvalue weighted by Gasteiger charge is 2.42. The largest absolute Gasteiger partial charge is 0.294 e. The van der Waals surface area contributed by atoms with Crippen molar-refractivity contribution in [2.24, 2.45) is 0 Å². The molecule has 1 aliphatic rings. The van der Waals surface area contributed by atoms with E-state index in [1.807, 2.05) is 32.4 Å². The highest BCUT2D eigenvalue weighted by Crippen LogP contribution is 2.39. The first-order valence-electron chi connectivity index (χ1n) is 5.35. The zero-order valence-corrected chi connectivity index (χ0v) is 11.2. The van der Waals surface area contributed by atoms with E-state index in [0.29, 0.717) is 0 Å². The Kier molecular flexibility index (Phi) is 2.45. The Balaban J connectivity index is 2.72. The first-order valence-corrected chi connectivity index (χ1v) is 6.79. The lowest BCUT2D eigenvalue weighted by Gasteiger charge is -2.15. The SMILES string of the molecule is CC1=[N+](C)c2ccc(S(=O)(=O)O)cc2C1(C)C. The number of hydrogen-bond acceptors (Lipinski definition) is 2. The summed E-state index contributed by atoms with van der Waals surface area (Å²) in [6, 6.07) is 4.72. The third-order valence-corrected chi connectivity index (χ3v) is 4.56. The Bertz CT molecular complexity index is 627. The lowest BCUT2D eigenvalue weighted by atomic mass is 9.82. The van der Waals surface area contributed by atoms with Crippen molar-refractivity contribution < 1.29 is 17.5 Å². The topological polar surface area (TPSA) is 57.4 Å². The Morgan fingerprint density at radius 2 is 1.88 bits per heavy atom. The van der Waals surface area contributed by atoms with Crippen molar-refractivity contribution in [3.63, 3.8) is 0 Å². The fourth-order valence-corrected chi connectivity index (χ4v) is 2.77. The summed E-state index contributed by atoms with van der Waals surface area (Å²) in [6.45, 7) is 6.10. The quantitative estimate of drug-likeness (QED) is 0.615. The van der Waals surface area contributed by atoms with E-state index in [-0.39, 0.29) is 10.3 Å². The lowest BCUT2D eigenvalue weighted by Crippen LogP contribution is -2.25. The molecule has 1 heterocycles. The molecule has 0 bridgehead atoms. The van der Waals surface area contributed by atoms with E-state index in [1.54, 1.807) is 12.1 Å². The van der Waals surface area contributed by atoms with Gasteiger partial charge in [-0.15, -0.1) is 0 Å². The van der Waals surface area contributed by atoms with E-state index in [9.17, 15) is 8.42 Å². The van der Waals surface area contributed by atoms with Gasteiger partial charge in [0, 0.05) is 18.6 Å². The summed E-state index contributed by atoms with van der Waals surface area (Å²) in [7, 11) is -2.18. The van der Waals surface area contributed by atoms with Gasteiger partial charge < -0.3 is 0 Å². The fourth-order valence-electron chi connectivity index (χ4n) is 2.26. The molecule has 0 saturated heterocycles. The maximum absolute atomic E-state index is 11.1. The molecule has 4 nitrogen and oxygen atoms in total. The van der Waals surface area contributed by atoms with Gasteiger partial charge in [0.05, 0.1) is 10.3 Å². The summed E-state index contributed by atoms with van der Waals surface area (Å²) < 4.78 is 33.4. The molecule has 0 aromatic heterocycles. The van der Waals surface area contributed by atoms with Crippen LogP contribution in [0, 0.1) is 0 Å². The summed E-state index contributed by atoms with van der Waals surface area (Å²) >= 11 is 0. The van der Waals surface area contributed by atoms with Crippen LogP contribution in [0.15, 0.2) is 23.1 Å². The molecule has 0 fully saturated rings. The molecule has 1 aliphatic heterocycles. The summed E-state index contributed by atoms with van der Waals surface area (Å²) in [6.07, 6.45) is 0. The molecule has 0 aliphatic carbocycles. The van der Waals surface area contributed by atoms with Crippen LogP contribution in [0.25, 0.3) is 0 Å². The van der Waals surface area contributed by atoms with E-state index < -0.39 is 10.1 Å². The molecule has 0 saturated carbocycles. The predicted molar refractivity (Wildman–Crippen MR) is 65.8 cm³/mol. The van der Waals surface area contributed by atoms with Gasteiger partial charge in [-0.2, -0.15) is 8.42 Å². The molecule has 1 aromatic rings. The molecule has 2 rings (SSSR count). The van der Waals surface area contributed by atoms with Crippen LogP contribution in [0.1, 0.15) is 26.3 Å². The number of fused-ring (bicyclic) bond motifs is 1. The van der Waals surface area contributed by atoms with Crippen LogP contribution in [0.4, 0.5) is 5.69 Å². The van der Waals surface area contributed by atoms with Crippen molar-refractivity contribution >= 4 is 21.5 Å². The Morgan fingerprint density at radius 3 is 2.41 bits per heavy atom. The van der Waals surface area contributed by atoms with Crippen LogP contribution in [0.5, 0.6) is 0 Å². The van der Waals surface area contributed by atoms with Crippen LogP contribution in [-0.4, -0.2) is 30.3 Å². The molecule has 1 aromatic carbocycles. The third kappa shape index (κ3) is 1.70. The molecule has 92 valence electrons. The van der Waals surface area contributed by atoms with Gasteiger partial charge in [-0.3, -0.25) is 4.55 Å². The minimum Gasteiger partial charge on any atom is -0.282 e. The van der Waals surface area contributed by atoms with Crippen LogP contribution in [-0.2, 0) is 15.5 Å². The van der Waals surface area contributed by atoms with Gasteiger partial charge in [-0.25, -0.2) is 4.58 Å². The Hall–Kier alpha value is -1.20. The predicted octanol–water partition coefficient (Wildman–Crippen LogP) is 1.96. The minimum absolute atomic E-state index is 0.0487. The molecule has 0 amide bonds. The van der Waals surface area contributed by atoms with Crippen molar-refractivity contribution in [3.05, 3.63) is 23.8 Å². The molecule has 5 heteroatoms. The molecule has 0 atom stereocenters. The zero-order valence-electron chi connectivity index (χ0n) is 10.4. The Morgan fingerprint density at radius 1 is 1.29 bits per heavy atom. The number of rotatable bonds is 1. The minimum atomic E-state index is -4.14. The zero-order chi connectivity index (χ0) is 13.0. The van der Waals surface area contributed by atoms with E-state index in [1.165, 1.54) is 6.07 Å². The highest BCUT2D eigenvalue weighted by molar-refractivity contribution is 7.85. The van der Waals surface area contributed by atoms with Crippen LogP contribution in [0.2, 0.25) is 0 Å². The van der Waals surface area contributed by atoms with E-state index in [2.05, 4.69) is 0 Å².